The molecule has 1 fully saturated rings. The molecule has 1 atom stereocenters. The van der Waals surface area contributed by atoms with Gasteiger partial charge in [0.05, 0.1) is 5.56 Å². The van der Waals surface area contributed by atoms with E-state index in [9.17, 15) is 13.2 Å². The lowest BCUT2D eigenvalue weighted by Gasteiger charge is -2.33. The molecule has 1 aliphatic rings. The first-order chi connectivity index (χ1) is 10.0. The third-order valence-electron chi connectivity index (χ3n) is 4.15. The van der Waals surface area contributed by atoms with Crippen LogP contribution in [0, 0.1) is 0 Å². The van der Waals surface area contributed by atoms with Crippen LogP contribution in [0.3, 0.4) is 0 Å². The van der Waals surface area contributed by atoms with Gasteiger partial charge in [0.2, 0.25) is 0 Å². The van der Waals surface area contributed by atoms with Crippen LogP contribution < -0.4 is 5.73 Å². The van der Waals surface area contributed by atoms with Crippen LogP contribution in [-0.4, -0.2) is 24.5 Å². The maximum absolute atomic E-state index is 12.9. The molecule has 1 aliphatic heterocycles. The van der Waals surface area contributed by atoms with Crippen molar-refractivity contribution in [3.05, 3.63) is 35.4 Å². The van der Waals surface area contributed by atoms with Gasteiger partial charge < -0.3 is 5.73 Å². The second kappa shape index (κ2) is 7.27. The molecule has 21 heavy (non-hydrogen) atoms. The largest absolute Gasteiger partial charge is 0.416 e. The van der Waals surface area contributed by atoms with Crippen molar-refractivity contribution in [2.75, 3.05) is 19.6 Å². The highest BCUT2D eigenvalue weighted by molar-refractivity contribution is 5.28. The van der Waals surface area contributed by atoms with Gasteiger partial charge in [-0.2, -0.15) is 13.2 Å². The van der Waals surface area contributed by atoms with Gasteiger partial charge in [-0.1, -0.05) is 31.4 Å². The molecule has 2 rings (SSSR count). The smallest absolute Gasteiger partial charge is 0.329 e. The molecule has 2 nitrogen and oxygen atoms in total. The Kier molecular flexibility index (Phi) is 5.65. The molecule has 5 heteroatoms. The molecule has 0 spiro atoms. The van der Waals surface area contributed by atoms with E-state index in [2.05, 4.69) is 4.90 Å². The number of alkyl halides is 3. The summed E-state index contributed by atoms with van der Waals surface area (Å²) in [5.41, 5.74) is 5.94. The van der Waals surface area contributed by atoms with Gasteiger partial charge in [0, 0.05) is 12.6 Å². The zero-order chi connectivity index (χ0) is 15.3. The van der Waals surface area contributed by atoms with Crippen LogP contribution in [0.2, 0.25) is 0 Å². The highest BCUT2D eigenvalue weighted by atomic mass is 19.4. The molecule has 0 aliphatic carbocycles. The third-order valence-corrected chi connectivity index (χ3v) is 4.15. The fourth-order valence-corrected chi connectivity index (χ4v) is 3.00. The predicted molar refractivity (Wildman–Crippen MR) is 77.9 cm³/mol. The number of nitrogens with two attached hydrogens (primary N) is 1. The Bertz CT molecular complexity index is 437. The Morgan fingerprint density at radius 2 is 1.67 bits per heavy atom. The van der Waals surface area contributed by atoms with Crippen LogP contribution in [-0.2, 0) is 6.18 Å². The lowest BCUT2D eigenvalue weighted by atomic mass is 10.00. The number of hydrogen-bond acceptors (Lipinski definition) is 2. The standard InChI is InChI=1S/C16H23F3N2/c17-16(18,19)14-8-6-7-13(11-14)15(12-20)21-9-4-2-1-3-5-10-21/h6-8,11,15H,1-5,9-10,12,20H2. The summed E-state index contributed by atoms with van der Waals surface area (Å²) in [6.07, 6.45) is 1.52. The first-order valence-electron chi connectivity index (χ1n) is 7.63. The molecule has 2 N–H and O–H groups in total. The fourth-order valence-electron chi connectivity index (χ4n) is 3.00. The molecule has 1 aromatic rings. The van der Waals surface area contributed by atoms with E-state index in [0.717, 1.165) is 32.0 Å². The van der Waals surface area contributed by atoms with E-state index in [1.807, 2.05) is 0 Å². The number of halogens is 3. The van der Waals surface area contributed by atoms with Crippen LogP contribution in [0.4, 0.5) is 13.2 Å². The second-order valence-electron chi connectivity index (χ2n) is 5.68. The SMILES string of the molecule is NCC(c1cccc(C(F)(F)F)c1)N1CCCCCCC1. The number of rotatable bonds is 3. The average Bonchev–Trinajstić information content (AvgIpc) is 2.41. The van der Waals surface area contributed by atoms with Crippen molar-refractivity contribution in [2.24, 2.45) is 5.73 Å². The number of likely N-dealkylation sites (tertiary alicyclic amines) is 1. The van der Waals surface area contributed by atoms with Crippen molar-refractivity contribution < 1.29 is 13.2 Å². The summed E-state index contributed by atoms with van der Waals surface area (Å²) in [5.74, 6) is 0. The van der Waals surface area contributed by atoms with Crippen LogP contribution in [0.1, 0.15) is 49.3 Å². The Morgan fingerprint density at radius 1 is 1.05 bits per heavy atom. The van der Waals surface area contributed by atoms with E-state index in [1.54, 1.807) is 6.07 Å². The Labute approximate surface area is 124 Å². The zero-order valence-corrected chi connectivity index (χ0v) is 12.2. The predicted octanol–water partition coefficient (Wildman–Crippen LogP) is 3.97. The van der Waals surface area contributed by atoms with Gasteiger partial charge in [-0.25, -0.2) is 0 Å². The highest BCUT2D eigenvalue weighted by Crippen LogP contribution is 2.32. The summed E-state index contributed by atoms with van der Waals surface area (Å²) in [4.78, 5) is 2.24. The number of benzene rings is 1. The van der Waals surface area contributed by atoms with Crippen molar-refractivity contribution in [1.29, 1.82) is 0 Å². The number of nitrogens with zero attached hydrogens (tertiary/aromatic N) is 1. The Balaban J connectivity index is 2.19. The molecule has 118 valence electrons. The molecule has 0 aromatic heterocycles. The monoisotopic (exact) mass is 300 g/mol. The third kappa shape index (κ3) is 4.45. The van der Waals surface area contributed by atoms with Gasteiger partial charge in [0.15, 0.2) is 0 Å². The summed E-state index contributed by atoms with van der Waals surface area (Å²) in [6, 6.07) is 5.47. The average molecular weight is 300 g/mol. The van der Waals surface area contributed by atoms with Crippen molar-refractivity contribution in [1.82, 2.24) is 4.90 Å². The molecule has 1 saturated heterocycles. The molecule has 1 unspecified atom stereocenters. The Hall–Kier alpha value is -1.07. The van der Waals surface area contributed by atoms with Crippen LogP contribution in [0.15, 0.2) is 24.3 Å². The molecule has 0 saturated carbocycles. The van der Waals surface area contributed by atoms with Crippen molar-refractivity contribution >= 4 is 0 Å². The van der Waals surface area contributed by atoms with Gasteiger partial charge in [-0.15, -0.1) is 0 Å². The lowest BCUT2D eigenvalue weighted by molar-refractivity contribution is -0.137. The topological polar surface area (TPSA) is 29.3 Å². The van der Waals surface area contributed by atoms with Crippen molar-refractivity contribution in [3.63, 3.8) is 0 Å². The molecule has 1 aromatic carbocycles. The van der Waals surface area contributed by atoms with E-state index >= 15 is 0 Å². The van der Waals surface area contributed by atoms with E-state index in [0.29, 0.717) is 12.1 Å². The normalized spacial score (nSPS) is 19.8. The maximum Gasteiger partial charge on any atom is 0.416 e. The molecule has 0 bridgehead atoms. The highest BCUT2D eigenvalue weighted by Gasteiger charge is 2.31. The minimum absolute atomic E-state index is 0.120. The summed E-state index contributed by atoms with van der Waals surface area (Å²) in [7, 11) is 0. The van der Waals surface area contributed by atoms with E-state index in [-0.39, 0.29) is 6.04 Å². The van der Waals surface area contributed by atoms with E-state index in [1.165, 1.54) is 31.4 Å². The van der Waals surface area contributed by atoms with E-state index in [4.69, 9.17) is 5.73 Å². The zero-order valence-electron chi connectivity index (χ0n) is 12.2. The van der Waals surface area contributed by atoms with Gasteiger partial charge in [-0.3, -0.25) is 4.90 Å². The van der Waals surface area contributed by atoms with Gasteiger partial charge in [0.1, 0.15) is 0 Å². The number of hydrogen-bond donors (Lipinski definition) is 1. The van der Waals surface area contributed by atoms with Gasteiger partial charge in [-0.05, 0) is 43.6 Å². The molecule has 1 heterocycles. The first-order valence-corrected chi connectivity index (χ1v) is 7.63. The van der Waals surface area contributed by atoms with Crippen LogP contribution in [0.25, 0.3) is 0 Å². The lowest BCUT2D eigenvalue weighted by Crippen LogP contribution is -2.36. The second-order valence-corrected chi connectivity index (χ2v) is 5.68. The van der Waals surface area contributed by atoms with Crippen molar-refractivity contribution in [2.45, 2.75) is 44.3 Å². The van der Waals surface area contributed by atoms with Gasteiger partial charge in [0.25, 0.3) is 0 Å². The van der Waals surface area contributed by atoms with E-state index < -0.39 is 11.7 Å². The quantitative estimate of drug-likeness (QED) is 0.915. The molecule has 0 amide bonds. The summed E-state index contributed by atoms with van der Waals surface area (Å²) < 4.78 is 38.6. The molecular formula is C16H23F3N2. The minimum atomic E-state index is -4.30. The molecular weight excluding hydrogens is 277 g/mol. The molecule has 0 radical (unpaired) electrons. The summed E-state index contributed by atoms with van der Waals surface area (Å²) >= 11 is 0. The van der Waals surface area contributed by atoms with Crippen LogP contribution >= 0.6 is 0 Å². The minimum Gasteiger partial charge on any atom is -0.329 e. The van der Waals surface area contributed by atoms with Gasteiger partial charge >= 0.3 is 6.18 Å². The Morgan fingerprint density at radius 3 is 2.24 bits per heavy atom. The first kappa shape index (κ1) is 16.3. The summed E-state index contributed by atoms with van der Waals surface area (Å²) in [5, 5.41) is 0. The van der Waals surface area contributed by atoms with Crippen LogP contribution in [0.5, 0.6) is 0 Å². The maximum atomic E-state index is 12.9. The van der Waals surface area contributed by atoms with Crippen molar-refractivity contribution in [3.8, 4) is 0 Å². The summed E-state index contributed by atoms with van der Waals surface area (Å²) in [6.45, 7) is 2.18. The fraction of sp³-hybridized carbons (Fsp3) is 0.625.